The number of methoxy groups -OCH3 is 1. The van der Waals surface area contributed by atoms with Gasteiger partial charge in [-0.05, 0) is 24.3 Å². The van der Waals surface area contributed by atoms with Gasteiger partial charge in [0.1, 0.15) is 6.61 Å². The van der Waals surface area contributed by atoms with Crippen LogP contribution in [0, 0.1) is 5.92 Å². The van der Waals surface area contributed by atoms with Crippen LogP contribution >= 0.6 is 7.60 Å². The second-order valence-corrected chi connectivity index (χ2v) is 9.34. The van der Waals surface area contributed by atoms with Crippen molar-refractivity contribution < 1.29 is 23.8 Å². The summed E-state index contributed by atoms with van der Waals surface area (Å²) in [6.07, 6.45) is 8.07. The Morgan fingerprint density at radius 1 is 1.31 bits per heavy atom. The van der Waals surface area contributed by atoms with Crippen molar-refractivity contribution in [3.05, 3.63) is 23.8 Å². The number of imidazole rings is 1. The van der Waals surface area contributed by atoms with E-state index in [9.17, 15) is 14.4 Å². The minimum Gasteiger partial charge on any atom is -0.461 e. The lowest BCUT2D eigenvalue weighted by Gasteiger charge is -2.19. The summed E-state index contributed by atoms with van der Waals surface area (Å²) in [5.74, 6) is 0.865. The third-order valence-corrected chi connectivity index (χ3v) is 5.74. The third-order valence-electron chi connectivity index (χ3n) is 4.96. The van der Waals surface area contributed by atoms with E-state index in [2.05, 4.69) is 27.2 Å². The quantitative estimate of drug-likeness (QED) is 0.270. The van der Waals surface area contributed by atoms with Crippen molar-refractivity contribution in [1.29, 1.82) is 0 Å². The first kappa shape index (κ1) is 24.2. The molecule has 0 fully saturated rings. The van der Waals surface area contributed by atoms with Crippen molar-refractivity contribution in [2.75, 3.05) is 44.1 Å². The maximum atomic E-state index is 11.4. The summed E-state index contributed by atoms with van der Waals surface area (Å²) in [6.45, 7) is 4.05. The van der Waals surface area contributed by atoms with E-state index >= 15 is 0 Å². The summed E-state index contributed by atoms with van der Waals surface area (Å²) >= 11 is 0. The van der Waals surface area contributed by atoms with Crippen LogP contribution in [0.5, 0.6) is 6.01 Å². The fraction of sp³-hybridized carbons (Fsp3) is 0.550. The molecule has 0 radical (unpaired) electrons. The molecule has 1 atom stereocenters. The highest BCUT2D eigenvalue weighted by atomic mass is 31.2. The fourth-order valence-corrected chi connectivity index (χ4v) is 4.18. The van der Waals surface area contributed by atoms with Crippen molar-refractivity contribution in [2.24, 2.45) is 5.92 Å². The standard InChI is InChI=1S/C20H31N6O5P/c1-3-4-8-22-19-23-16-17(21)24-20(31-10-9-30-2)25-18(16)26(19)12-14-6-5-7-15(11-14)13-32(27,28)29/h5,7,11,14H,3-4,6,8-10,12-13H2,1-2H3,(H,22,23)(H2,21,24,25)(H2,27,28,29). The van der Waals surface area contributed by atoms with Crippen molar-refractivity contribution >= 4 is 30.5 Å². The molecule has 5 N–H and O–H groups in total. The first-order valence-electron chi connectivity index (χ1n) is 10.6. The number of nitrogens with two attached hydrogens (primary N) is 1. The zero-order valence-corrected chi connectivity index (χ0v) is 19.3. The van der Waals surface area contributed by atoms with Crippen LogP contribution in [0.4, 0.5) is 11.8 Å². The lowest BCUT2D eigenvalue weighted by atomic mass is 9.97. The number of aromatic nitrogens is 4. The number of hydrogen-bond acceptors (Lipinski definition) is 8. The van der Waals surface area contributed by atoms with Gasteiger partial charge in [-0.25, -0.2) is 4.98 Å². The number of nitrogen functional groups attached to an aromatic ring is 1. The smallest absolute Gasteiger partial charge is 0.329 e. The average molecular weight is 466 g/mol. The Morgan fingerprint density at radius 2 is 2.12 bits per heavy atom. The minimum absolute atomic E-state index is 0.0136. The van der Waals surface area contributed by atoms with E-state index in [1.54, 1.807) is 13.2 Å². The highest BCUT2D eigenvalue weighted by Gasteiger charge is 2.22. The van der Waals surface area contributed by atoms with Crippen LogP contribution in [0.1, 0.15) is 26.2 Å². The predicted molar refractivity (Wildman–Crippen MR) is 123 cm³/mol. The first-order valence-corrected chi connectivity index (χ1v) is 12.4. The highest BCUT2D eigenvalue weighted by molar-refractivity contribution is 7.52. The Labute approximate surface area is 186 Å². The first-order chi connectivity index (χ1) is 15.3. The van der Waals surface area contributed by atoms with E-state index in [0.29, 0.717) is 42.4 Å². The molecule has 0 bridgehead atoms. The molecule has 1 unspecified atom stereocenters. The van der Waals surface area contributed by atoms with E-state index in [0.717, 1.165) is 25.8 Å². The largest absolute Gasteiger partial charge is 0.461 e. The van der Waals surface area contributed by atoms with Gasteiger partial charge in [0, 0.05) is 20.2 Å². The molecule has 0 amide bonds. The van der Waals surface area contributed by atoms with Crippen LogP contribution in [0.3, 0.4) is 0 Å². The predicted octanol–water partition coefficient (Wildman–Crippen LogP) is 2.33. The van der Waals surface area contributed by atoms with Gasteiger partial charge in [0.15, 0.2) is 17.0 Å². The Balaban J connectivity index is 1.93. The SMILES string of the molecule is CCCCNc1nc2c(N)nc(OCCOC)nc2n1CC1C=C(CP(=O)(O)O)C=CC1. The zero-order chi connectivity index (χ0) is 23.1. The lowest BCUT2D eigenvalue weighted by molar-refractivity contribution is 0.141. The fourth-order valence-electron chi connectivity index (χ4n) is 3.49. The Kier molecular flexibility index (Phi) is 8.25. The molecular formula is C20H31N6O5P. The van der Waals surface area contributed by atoms with Crippen molar-refractivity contribution in [1.82, 2.24) is 19.5 Å². The summed E-state index contributed by atoms with van der Waals surface area (Å²) in [7, 11) is -2.56. The molecule has 0 saturated carbocycles. The number of hydrogen-bond donors (Lipinski definition) is 4. The Hall–Kier alpha value is -2.46. The number of unbranched alkanes of at least 4 members (excludes halogenated alkanes) is 1. The molecular weight excluding hydrogens is 435 g/mol. The number of nitrogens with zero attached hydrogens (tertiary/aromatic N) is 4. The highest BCUT2D eigenvalue weighted by Crippen LogP contribution is 2.38. The number of nitrogens with one attached hydrogen (secondary N) is 1. The lowest BCUT2D eigenvalue weighted by Crippen LogP contribution is -2.16. The van der Waals surface area contributed by atoms with Gasteiger partial charge in [-0.1, -0.05) is 31.6 Å². The number of allylic oxidation sites excluding steroid dienone is 4. The van der Waals surface area contributed by atoms with Crippen LogP contribution in [-0.4, -0.2) is 62.3 Å². The van der Waals surface area contributed by atoms with E-state index in [1.807, 2.05) is 16.7 Å². The van der Waals surface area contributed by atoms with E-state index in [4.69, 9.17) is 15.2 Å². The molecule has 12 heteroatoms. The van der Waals surface area contributed by atoms with Crippen LogP contribution in [0.15, 0.2) is 23.8 Å². The summed E-state index contributed by atoms with van der Waals surface area (Å²) in [6, 6.07) is 0.148. The van der Waals surface area contributed by atoms with Crippen molar-refractivity contribution in [3.63, 3.8) is 0 Å². The number of anilines is 2. The molecule has 2 heterocycles. The molecule has 3 rings (SSSR count). The Morgan fingerprint density at radius 3 is 2.84 bits per heavy atom. The monoisotopic (exact) mass is 466 g/mol. The normalized spacial score (nSPS) is 16.4. The summed E-state index contributed by atoms with van der Waals surface area (Å²) in [5, 5.41) is 3.35. The van der Waals surface area contributed by atoms with Crippen LogP contribution in [0.25, 0.3) is 11.2 Å². The molecule has 0 aromatic carbocycles. The van der Waals surface area contributed by atoms with E-state index in [1.165, 1.54) is 0 Å². The van der Waals surface area contributed by atoms with Gasteiger partial charge in [-0.15, -0.1) is 0 Å². The van der Waals surface area contributed by atoms with Crippen LogP contribution < -0.4 is 15.8 Å². The molecule has 0 aliphatic heterocycles. The topological polar surface area (TPSA) is 158 Å². The van der Waals surface area contributed by atoms with E-state index in [-0.39, 0.29) is 23.9 Å². The maximum absolute atomic E-state index is 11.4. The molecule has 1 aliphatic carbocycles. The Bertz CT molecular complexity index is 1030. The summed E-state index contributed by atoms with van der Waals surface area (Å²) < 4.78 is 23.9. The minimum atomic E-state index is -4.14. The maximum Gasteiger partial charge on any atom is 0.329 e. The molecule has 32 heavy (non-hydrogen) atoms. The van der Waals surface area contributed by atoms with Gasteiger partial charge >= 0.3 is 13.6 Å². The summed E-state index contributed by atoms with van der Waals surface area (Å²) in [4.78, 5) is 32.0. The molecule has 1 aliphatic rings. The van der Waals surface area contributed by atoms with Gasteiger partial charge in [-0.3, -0.25) is 9.13 Å². The number of fused-ring (bicyclic) bond motifs is 1. The molecule has 2 aromatic heterocycles. The molecule has 0 spiro atoms. The second-order valence-electron chi connectivity index (χ2n) is 7.69. The average Bonchev–Trinajstić information content (AvgIpc) is 3.05. The van der Waals surface area contributed by atoms with Gasteiger partial charge in [0.2, 0.25) is 5.95 Å². The summed E-state index contributed by atoms with van der Waals surface area (Å²) in [5.41, 5.74) is 7.79. The van der Waals surface area contributed by atoms with Gasteiger partial charge < -0.3 is 30.3 Å². The number of ether oxygens (including phenoxy) is 2. The molecule has 176 valence electrons. The van der Waals surface area contributed by atoms with Gasteiger partial charge in [-0.2, -0.15) is 9.97 Å². The zero-order valence-electron chi connectivity index (χ0n) is 18.4. The number of rotatable bonds is 12. The second kappa shape index (κ2) is 10.9. The van der Waals surface area contributed by atoms with Crippen molar-refractivity contribution in [2.45, 2.75) is 32.7 Å². The third kappa shape index (κ3) is 6.52. The van der Waals surface area contributed by atoms with Crippen molar-refractivity contribution in [3.8, 4) is 6.01 Å². The van der Waals surface area contributed by atoms with Gasteiger partial charge in [0.05, 0.1) is 12.8 Å². The van der Waals surface area contributed by atoms with Crippen LogP contribution in [-0.2, 0) is 15.8 Å². The van der Waals surface area contributed by atoms with Crippen LogP contribution in [0.2, 0.25) is 0 Å². The molecule has 11 nitrogen and oxygen atoms in total. The molecule has 0 saturated heterocycles. The van der Waals surface area contributed by atoms with Gasteiger partial charge in [0.25, 0.3) is 0 Å². The molecule has 2 aromatic rings. The van der Waals surface area contributed by atoms with E-state index < -0.39 is 7.60 Å².